The monoisotopic (exact) mass is 341 g/mol. The van der Waals surface area contributed by atoms with Crippen molar-refractivity contribution in [2.45, 2.75) is 24.8 Å². The molecule has 5 heteroatoms. The average molecular weight is 341 g/mol. The van der Waals surface area contributed by atoms with Crippen LogP contribution < -0.4 is 0 Å². The predicted octanol–water partition coefficient (Wildman–Crippen LogP) is 3.26. The highest BCUT2D eigenvalue weighted by Crippen LogP contribution is 2.39. The number of nitrogens with zero attached hydrogens (tertiary/aromatic N) is 1. The fraction of sp³-hybridized carbons (Fsp3) is 0.211. The maximum atomic E-state index is 13.1. The third-order valence-electron chi connectivity index (χ3n) is 4.34. The third kappa shape index (κ3) is 2.81. The predicted molar refractivity (Wildman–Crippen MR) is 93.0 cm³/mol. The Hall–Kier alpha value is -2.24. The first-order valence-electron chi connectivity index (χ1n) is 7.73. The van der Waals surface area contributed by atoms with Crippen LogP contribution in [0.5, 0.6) is 0 Å². The molecule has 2 aromatic rings. The van der Waals surface area contributed by atoms with Gasteiger partial charge in [-0.2, -0.15) is 4.31 Å². The second-order valence-electron chi connectivity index (χ2n) is 6.03. The van der Waals surface area contributed by atoms with Crippen molar-refractivity contribution in [3.8, 4) is 0 Å². The number of hydrogen-bond acceptors (Lipinski definition) is 3. The van der Waals surface area contributed by atoms with Gasteiger partial charge in [-0.1, -0.05) is 48.0 Å². The Balaban J connectivity index is 2.09. The van der Waals surface area contributed by atoms with Gasteiger partial charge in [0.1, 0.15) is 6.29 Å². The molecule has 1 heterocycles. The van der Waals surface area contributed by atoms with Gasteiger partial charge in [0.15, 0.2) is 0 Å². The molecule has 0 radical (unpaired) electrons. The van der Waals surface area contributed by atoms with E-state index in [9.17, 15) is 13.2 Å². The fourth-order valence-corrected chi connectivity index (χ4v) is 4.65. The smallest absolute Gasteiger partial charge is 0.244 e. The SMILES string of the molecule is CC1=C(C=O)[C@@H](c2ccccc2)N(S(=O)(=O)c2ccc(C)cc2)C1. The topological polar surface area (TPSA) is 54.5 Å². The number of aldehydes is 1. The summed E-state index contributed by atoms with van der Waals surface area (Å²) in [5, 5.41) is 0. The van der Waals surface area contributed by atoms with Crippen LogP contribution in [0.25, 0.3) is 0 Å². The molecule has 0 aliphatic carbocycles. The minimum atomic E-state index is -3.70. The molecular formula is C19H19NO3S. The van der Waals surface area contributed by atoms with E-state index in [1.165, 1.54) is 4.31 Å². The fourth-order valence-electron chi connectivity index (χ4n) is 3.02. The lowest BCUT2D eigenvalue weighted by Crippen LogP contribution is -2.32. The first kappa shape index (κ1) is 16.6. The zero-order chi connectivity index (χ0) is 17.3. The lowest BCUT2D eigenvalue weighted by molar-refractivity contribution is -0.105. The molecule has 1 aliphatic heterocycles. The third-order valence-corrected chi connectivity index (χ3v) is 6.16. The number of carbonyl (C=O) groups is 1. The zero-order valence-electron chi connectivity index (χ0n) is 13.6. The summed E-state index contributed by atoms with van der Waals surface area (Å²) in [6.45, 7) is 3.95. The summed E-state index contributed by atoms with van der Waals surface area (Å²) >= 11 is 0. The van der Waals surface area contributed by atoms with Gasteiger partial charge in [-0.05, 0) is 37.1 Å². The second kappa shape index (κ2) is 6.34. The lowest BCUT2D eigenvalue weighted by atomic mass is 10.00. The van der Waals surface area contributed by atoms with E-state index in [1.54, 1.807) is 24.3 Å². The molecule has 24 heavy (non-hydrogen) atoms. The summed E-state index contributed by atoms with van der Waals surface area (Å²) in [5.74, 6) is 0. The molecule has 0 saturated heterocycles. The van der Waals surface area contributed by atoms with Crippen LogP contribution >= 0.6 is 0 Å². The number of benzene rings is 2. The molecule has 2 aromatic carbocycles. The van der Waals surface area contributed by atoms with Crippen LogP contribution in [0.15, 0.2) is 70.6 Å². The van der Waals surface area contributed by atoms with Crippen molar-refractivity contribution < 1.29 is 13.2 Å². The van der Waals surface area contributed by atoms with Crippen molar-refractivity contribution in [2.75, 3.05) is 6.54 Å². The molecule has 0 fully saturated rings. The van der Waals surface area contributed by atoms with Gasteiger partial charge in [0, 0.05) is 12.1 Å². The molecule has 0 amide bonds. The summed E-state index contributed by atoms with van der Waals surface area (Å²) in [6.07, 6.45) is 0.775. The minimum absolute atomic E-state index is 0.226. The summed E-state index contributed by atoms with van der Waals surface area (Å²) in [4.78, 5) is 11.8. The zero-order valence-corrected chi connectivity index (χ0v) is 14.5. The molecule has 0 unspecified atom stereocenters. The molecule has 0 N–H and O–H groups in total. The van der Waals surface area contributed by atoms with Crippen LogP contribution in [0.4, 0.5) is 0 Å². The highest BCUT2D eigenvalue weighted by atomic mass is 32.2. The average Bonchev–Trinajstić information content (AvgIpc) is 2.93. The maximum absolute atomic E-state index is 13.1. The molecule has 124 valence electrons. The van der Waals surface area contributed by atoms with Crippen LogP contribution in [0.1, 0.15) is 24.1 Å². The van der Waals surface area contributed by atoms with Gasteiger partial charge >= 0.3 is 0 Å². The van der Waals surface area contributed by atoms with E-state index < -0.39 is 16.1 Å². The van der Waals surface area contributed by atoms with Gasteiger partial charge in [-0.3, -0.25) is 4.79 Å². The first-order chi connectivity index (χ1) is 11.4. The lowest BCUT2D eigenvalue weighted by Gasteiger charge is -2.25. The Morgan fingerprint density at radius 2 is 1.62 bits per heavy atom. The Bertz CT molecular complexity index is 884. The summed E-state index contributed by atoms with van der Waals surface area (Å²) in [5.41, 5.74) is 3.11. The first-order valence-corrected chi connectivity index (χ1v) is 9.17. The molecule has 0 aromatic heterocycles. The quantitative estimate of drug-likeness (QED) is 0.802. The van der Waals surface area contributed by atoms with Gasteiger partial charge in [-0.25, -0.2) is 8.42 Å². The van der Waals surface area contributed by atoms with Crippen LogP contribution in [0, 0.1) is 6.92 Å². The molecule has 1 aliphatic rings. The van der Waals surface area contributed by atoms with E-state index in [2.05, 4.69) is 0 Å². The van der Waals surface area contributed by atoms with E-state index in [1.807, 2.05) is 44.2 Å². The Morgan fingerprint density at radius 3 is 2.21 bits per heavy atom. The Morgan fingerprint density at radius 1 is 1.00 bits per heavy atom. The van der Waals surface area contributed by atoms with Crippen molar-refractivity contribution in [2.24, 2.45) is 0 Å². The Labute approximate surface area is 142 Å². The summed E-state index contributed by atoms with van der Waals surface area (Å²) < 4.78 is 27.6. The highest BCUT2D eigenvalue weighted by Gasteiger charge is 2.40. The van der Waals surface area contributed by atoms with E-state index in [-0.39, 0.29) is 11.4 Å². The number of rotatable bonds is 4. The van der Waals surface area contributed by atoms with E-state index in [4.69, 9.17) is 0 Å². The van der Waals surface area contributed by atoms with Gasteiger partial charge in [-0.15, -0.1) is 0 Å². The van der Waals surface area contributed by atoms with Gasteiger partial charge in [0.2, 0.25) is 10.0 Å². The van der Waals surface area contributed by atoms with Crippen LogP contribution in [-0.4, -0.2) is 25.6 Å². The van der Waals surface area contributed by atoms with Crippen LogP contribution in [-0.2, 0) is 14.8 Å². The molecule has 1 atom stereocenters. The number of aryl methyl sites for hydroxylation is 1. The Kier molecular flexibility index (Phi) is 4.39. The van der Waals surface area contributed by atoms with Gasteiger partial charge < -0.3 is 0 Å². The van der Waals surface area contributed by atoms with Crippen molar-refractivity contribution in [3.63, 3.8) is 0 Å². The van der Waals surface area contributed by atoms with Crippen LogP contribution in [0.2, 0.25) is 0 Å². The molecule has 4 nitrogen and oxygen atoms in total. The molecule has 0 spiro atoms. The van der Waals surface area contributed by atoms with Gasteiger partial charge in [0.25, 0.3) is 0 Å². The van der Waals surface area contributed by atoms with Gasteiger partial charge in [0.05, 0.1) is 10.9 Å². The standard InChI is InChI=1S/C19H19NO3S/c1-14-8-10-17(11-9-14)24(22,23)20-12-15(2)18(13-21)19(20)16-6-4-3-5-7-16/h3-11,13,19H,12H2,1-2H3/t19-/m1/s1. The second-order valence-corrected chi connectivity index (χ2v) is 7.92. The summed E-state index contributed by atoms with van der Waals surface area (Å²) in [7, 11) is -3.70. The highest BCUT2D eigenvalue weighted by molar-refractivity contribution is 7.89. The summed E-state index contributed by atoms with van der Waals surface area (Å²) in [6, 6.07) is 15.5. The van der Waals surface area contributed by atoms with Crippen LogP contribution in [0.3, 0.4) is 0 Å². The van der Waals surface area contributed by atoms with Crippen molar-refractivity contribution in [1.82, 2.24) is 4.31 Å². The van der Waals surface area contributed by atoms with Crippen molar-refractivity contribution in [3.05, 3.63) is 76.9 Å². The van der Waals surface area contributed by atoms with Crippen molar-refractivity contribution >= 4 is 16.3 Å². The number of sulfonamides is 1. The molecule has 3 rings (SSSR count). The van der Waals surface area contributed by atoms with E-state index >= 15 is 0 Å². The number of hydrogen-bond donors (Lipinski definition) is 0. The molecular weight excluding hydrogens is 322 g/mol. The molecule has 0 bridgehead atoms. The molecule has 0 saturated carbocycles. The van der Waals surface area contributed by atoms with E-state index in [0.717, 1.165) is 23.0 Å². The largest absolute Gasteiger partial charge is 0.298 e. The normalized spacial score (nSPS) is 18.8. The number of carbonyl (C=O) groups excluding carboxylic acids is 1. The minimum Gasteiger partial charge on any atom is -0.298 e. The van der Waals surface area contributed by atoms with E-state index in [0.29, 0.717) is 5.57 Å². The maximum Gasteiger partial charge on any atom is 0.244 e. The van der Waals surface area contributed by atoms with Crippen molar-refractivity contribution in [1.29, 1.82) is 0 Å².